The van der Waals surface area contributed by atoms with Gasteiger partial charge >= 0.3 is 6.18 Å². The molecule has 6 bridgehead atoms. The summed E-state index contributed by atoms with van der Waals surface area (Å²) in [6.45, 7) is 0.456. The third-order valence-electron chi connectivity index (χ3n) is 7.60. The number of hydrogen-bond acceptors (Lipinski definition) is 7. The lowest BCUT2D eigenvalue weighted by Crippen LogP contribution is -2.24. The Morgan fingerprint density at radius 3 is 2.65 bits per heavy atom. The molecule has 0 saturated heterocycles. The summed E-state index contributed by atoms with van der Waals surface area (Å²) >= 11 is 0. The number of carbonyl (C=O) groups is 1. The van der Waals surface area contributed by atoms with Crippen molar-refractivity contribution in [2.24, 2.45) is 5.92 Å². The molecule has 2 atom stereocenters. The first kappa shape index (κ1) is 27.5. The molecule has 0 spiro atoms. The van der Waals surface area contributed by atoms with Gasteiger partial charge in [0.1, 0.15) is 22.9 Å². The third kappa shape index (κ3) is 5.93. The summed E-state index contributed by atoms with van der Waals surface area (Å²) in [5.41, 5.74) is 0.923. The summed E-state index contributed by atoms with van der Waals surface area (Å²) in [6, 6.07) is 10.4. The SMILES string of the molecule is CNC(=O)c1ccc2cc1Nc1nc(ncc1C(F)(F)F)Nc1ccc(c(OC)c1)C1CCC1CCCCCO2. The minimum Gasteiger partial charge on any atom is -0.496 e. The van der Waals surface area contributed by atoms with Gasteiger partial charge in [-0.25, -0.2) is 4.98 Å². The number of halogens is 3. The standard InChI is InChI=1S/C29H32F3N5O3/c1-33-27(38)22-12-9-19-15-24(22)36-26-23(29(30,31)32)16-34-28(37-26)35-18-8-11-21(25(14-18)39-2)20-10-7-17(20)6-4-3-5-13-40-19/h8-9,11-12,14-17,20H,3-7,10,13H2,1-2H3,(H,33,38)(H2,34,35,36,37). The number of benzene rings is 2. The molecule has 1 fully saturated rings. The van der Waals surface area contributed by atoms with Gasteiger partial charge in [0.05, 0.1) is 25.0 Å². The Labute approximate surface area is 230 Å². The molecule has 1 saturated carbocycles. The molecule has 212 valence electrons. The molecule has 0 radical (unpaired) electrons. The molecule has 6 rings (SSSR count). The average Bonchev–Trinajstić information content (AvgIpc) is 2.91. The molecule has 8 nitrogen and oxygen atoms in total. The quantitative estimate of drug-likeness (QED) is 0.320. The van der Waals surface area contributed by atoms with E-state index in [-0.39, 0.29) is 17.2 Å². The summed E-state index contributed by atoms with van der Waals surface area (Å²) in [5.74, 6) is 1.16. The molecule has 40 heavy (non-hydrogen) atoms. The average molecular weight is 556 g/mol. The van der Waals surface area contributed by atoms with E-state index in [0.717, 1.165) is 43.4 Å². The number of rotatable bonds is 2. The first-order valence-electron chi connectivity index (χ1n) is 13.4. The van der Waals surface area contributed by atoms with Crippen LogP contribution >= 0.6 is 0 Å². The van der Waals surface area contributed by atoms with Gasteiger partial charge in [-0.2, -0.15) is 18.2 Å². The maximum Gasteiger partial charge on any atom is 0.421 e. The number of anilines is 4. The van der Waals surface area contributed by atoms with Crippen molar-refractivity contribution in [3.63, 3.8) is 0 Å². The summed E-state index contributed by atoms with van der Waals surface area (Å²) < 4.78 is 53.5. The molecule has 3 aromatic rings. The van der Waals surface area contributed by atoms with E-state index in [2.05, 4.69) is 25.9 Å². The molecule has 1 aromatic heterocycles. The van der Waals surface area contributed by atoms with Crippen LogP contribution in [0, 0.1) is 5.92 Å². The lowest BCUT2D eigenvalue weighted by atomic mass is 9.67. The van der Waals surface area contributed by atoms with Gasteiger partial charge in [0, 0.05) is 31.1 Å². The Morgan fingerprint density at radius 1 is 1.07 bits per heavy atom. The summed E-state index contributed by atoms with van der Waals surface area (Å²) in [5, 5.41) is 8.24. The Hall–Kier alpha value is -4.02. The van der Waals surface area contributed by atoms with Gasteiger partial charge in [0.2, 0.25) is 5.95 Å². The van der Waals surface area contributed by atoms with Crippen molar-refractivity contribution in [3.05, 3.63) is 59.3 Å². The van der Waals surface area contributed by atoms with Gasteiger partial charge in [-0.15, -0.1) is 0 Å². The zero-order valence-corrected chi connectivity index (χ0v) is 22.4. The molecule has 11 heteroatoms. The van der Waals surface area contributed by atoms with Crippen molar-refractivity contribution in [1.82, 2.24) is 15.3 Å². The number of aromatic nitrogens is 2. The number of methoxy groups -OCH3 is 1. The van der Waals surface area contributed by atoms with Gasteiger partial charge in [-0.05, 0) is 61.3 Å². The smallest absolute Gasteiger partial charge is 0.421 e. The van der Waals surface area contributed by atoms with Crippen LogP contribution in [0.15, 0.2) is 42.6 Å². The molecule has 3 heterocycles. The highest BCUT2D eigenvalue weighted by Crippen LogP contribution is 2.48. The van der Waals surface area contributed by atoms with Crippen LogP contribution in [0.2, 0.25) is 0 Å². The normalized spacial score (nSPS) is 19.1. The number of nitrogens with one attached hydrogen (secondary N) is 3. The number of nitrogens with zero attached hydrogens (tertiary/aromatic N) is 2. The first-order valence-corrected chi connectivity index (χ1v) is 13.4. The monoisotopic (exact) mass is 555 g/mol. The lowest BCUT2D eigenvalue weighted by Gasteiger charge is -2.38. The van der Waals surface area contributed by atoms with E-state index >= 15 is 0 Å². The molecule has 3 N–H and O–H groups in total. The Kier molecular flexibility index (Phi) is 7.99. The van der Waals surface area contributed by atoms with E-state index in [9.17, 15) is 18.0 Å². The van der Waals surface area contributed by atoms with Gasteiger partial charge in [-0.1, -0.05) is 18.9 Å². The second-order valence-corrected chi connectivity index (χ2v) is 10.1. The fourth-order valence-electron chi connectivity index (χ4n) is 5.35. The van der Waals surface area contributed by atoms with Gasteiger partial charge in [0.25, 0.3) is 5.91 Å². The van der Waals surface area contributed by atoms with Crippen LogP contribution in [-0.2, 0) is 6.18 Å². The number of ether oxygens (including phenoxy) is 2. The van der Waals surface area contributed by atoms with E-state index in [0.29, 0.717) is 36.1 Å². The van der Waals surface area contributed by atoms with Crippen LogP contribution in [-0.4, -0.2) is 36.6 Å². The molecule has 1 aliphatic carbocycles. The van der Waals surface area contributed by atoms with E-state index in [1.165, 1.54) is 25.6 Å². The van der Waals surface area contributed by atoms with Crippen LogP contribution in [0.1, 0.15) is 65.9 Å². The van der Waals surface area contributed by atoms with Crippen molar-refractivity contribution >= 4 is 29.0 Å². The minimum atomic E-state index is -4.74. The van der Waals surface area contributed by atoms with E-state index in [1.807, 2.05) is 18.2 Å². The highest BCUT2D eigenvalue weighted by molar-refractivity contribution is 6.00. The highest BCUT2D eigenvalue weighted by atomic mass is 19.4. The largest absolute Gasteiger partial charge is 0.496 e. The summed E-state index contributed by atoms with van der Waals surface area (Å²) in [6.07, 6.45) is 2.32. The number of fused-ring (bicyclic) bond motifs is 7. The fourth-order valence-corrected chi connectivity index (χ4v) is 5.35. The minimum absolute atomic E-state index is 0.0462. The van der Waals surface area contributed by atoms with Crippen LogP contribution in [0.25, 0.3) is 0 Å². The summed E-state index contributed by atoms with van der Waals surface area (Å²) in [4.78, 5) is 20.6. The first-order chi connectivity index (χ1) is 19.3. The fraction of sp³-hybridized carbons (Fsp3) is 0.414. The van der Waals surface area contributed by atoms with Crippen LogP contribution in [0.4, 0.5) is 36.3 Å². The second-order valence-electron chi connectivity index (χ2n) is 10.1. The Morgan fingerprint density at radius 2 is 1.93 bits per heavy atom. The zero-order valence-electron chi connectivity index (χ0n) is 22.4. The highest BCUT2D eigenvalue weighted by Gasteiger charge is 2.36. The Bertz CT molecular complexity index is 1380. The van der Waals surface area contributed by atoms with E-state index in [4.69, 9.17) is 9.47 Å². The number of hydrogen-bond donors (Lipinski definition) is 3. The lowest BCUT2D eigenvalue weighted by molar-refractivity contribution is -0.137. The Balaban J connectivity index is 1.56. The van der Waals surface area contributed by atoms with Crippen molar-refractivity contribution in [2.75, 3.05) is 31.4 Å². The molecular formula is C29H32F3N5O3. The topological polar surface area (TPSA) is 97.4 Å². The molecule has 1 amide bonds. The predicted molar refractivity (Wildman–Crippen MR) is 146 cm³/mol. The molecule has 2 aromatic carbocycles. The van der Waals surface area contributed by atoms with Crippen LogP contribution in [0.3, 0.4) is 0 Å². The van der Waals surface area contributed by atoms with E-state index in [1.54, 1.807) is 13.2 Å². The zero-order chi connectivity index (χ0) is 28.3. The van der Waals surface area contributed by atoms with Gasteiger partial charge in [0.15, 0.2) is 0 Å². The maximum atomic E-state index is 14.0. The third-order valence-corrected chi connectivity index (χ3v) is 7.60. The number of alkyl halides is 3. The van der Waals surface area contributed by atoms with Crippen LogP contribution in [0.5, 0.6) is 11.5 Å². The van der Waals surface area contributed by atoms with Crippen molar-refractivity contribution in [1.29, 1.82) is 0 Å². The van der Waals surface area contributed by atoms with Crippen molar-refractivity contribution < 1.29 is 27.4 Å². The number of carbonyl (C=O) groups excluding carboxylic acids is 1. The second kappa shape index (κ2) is 11.6. The predicted octanol–water partition coefficient (Wildman–Crippen LogP) is 6.80. The number of amides is 1. The maximum absolute atomic E-state index is 14.0. The van der Waals surface area contributed by atoms with Crippen molar-refractivity contribution in [3.8, 4) is 11.5 Å². The van der Waals surface area contributed by atoms with Gasteiger partial charge in [-0.3, -0.25) is 4.79 Å². The molecule has 2 unspecified atom stereocenters. The van der Waals surface area contributed by atoms with E-state index < -0.39 is 23.5 Å². The molecular weight excluding hydrogens is 523 g/mol. The van der Waals surface area contributed by atoms with Crippen molar-refractivity contribution in [2.45, 2.75) is 50.6 Å². The summed E-state index contributed by atoms with van der Waals surface area (Å²) in [7, 11) is 3.06. The molecule has 2 aliphatic heterocycles. The van der Waals surface area contributed by atoms with Crippen LogP contribution < -0.4 is 25.4 Å². The van der Waals surface area contributed by atoms with Gasteiger partial charge < -0.3 is 25.4 Å². The molecule has 3 aliphatic rings.